The summed E-state index contributed by atoms with van der Waals surface area (Å²) in [4.78, 5) is 13.6. The van der Waals surface area contributed by atoms with E-state index in [9.17, 15) is 4.79 Å². The molecule has 2 heteroatoms. The van der Waals surface area contributed by atoms with E-state index in [1.807, 2.05) is 24.8 Å². The fourth-order valence-corrected chi connectivity index (χ4v) is 1.98. The van der Waals surface area contributed by atoms with Crippen molar-refractivity contribution in [1.82, 2.24) is 4.90 Å². The van der Waals surface area contributed by atoms with E-state index in [0.29, 0.717) is 0 Å². The van der Waals surface area contributed by atoms with Gasteiger partial charge in [-0.25, -0.2) is 0 Å². The quantitative estimate of drug-likeness (QED) is 0.680. The molecule has 0 radical (unpaired) electrons. The molecule has 0 N–H and O–H groups in total. The highest BCUT2D eigenvalue weighted by molar-refractivity contribution is 5.91. The lowest BCUT2D eigenvalue weighted by molar-refractivity contribution is -0.125. The molecule has 19 heavy (non-hydrogen) atoms. The first-order chi connectivity index (χ1) is 9.21. The minimum atomic E-state index is 0.0834. The van der Waals surface area contributed by atoms with E-state index in [2.05, 4.69) is 31.2 Å². The Kier molecular flexibility index (Phi) is 6.94. The summed E-state index contributed by atoms with van der Waals surface area (Å²) in [5, 5.41) is 0. The van der Waals surface area contributed by atoms with Crippen LogP contribution in [0.2, 0.25) is 0 Å². The lowest BCUT2D eigenvalue weighted by Crippen LogP contribution is -2.28. The molecular weight excluding hydrogens is 234 g/mol. The van der Waals surface area contributed by atoms with Crippen LogP contribution in [-0.2, 0) is 11.2 Å². The molecule has 1 aromatic carbocycles. The van der Waals surface area contributed by atoms with Crippen LogP contribution >= 0.6 is 0 Å². The molecule has 1 rings (SSSR count). The predicted octanol–water partition coefficient (Wildman–Crippen LogP) is 3.91. The molecule has 0 unspecified atom stereocenters. The van der Waals surface area contributed by atoms with Crippen LogP contribution in [0.4, 0.5) is 0 Å². The van der Waals surface area contributed by atoms with Gasteiger partial charge in [0.15, 0.2) is 0 Å². The van der Waals surface area contributed by atoms with Gasteiger partial charge in [-0.1, -0.05) is 37.6 Å². The first-order valence-corrected chi connectivity index (χ1v) is 7.27. The van der Waals surface area contributed by atoms with E-state index in [-0.39, 0.29) is 5.91 Å². The van der Waals surface area contributed by atoms with Crippen LogP contribution in [0.15, 0.2) is 30.3 Å². The second kappa shape index (κ2) is 8.52. The third kappa shape index (κ3) is 5.29. The van der Waals surface area contributed by atoms with Gasteiger partial charge in [0.1, 0.15) is 0 Å². The number of unbranched alkanes of at least 4 members (excludes halogenated alkanes) is 1. The largest absolute Gasteiger partial charge is 0.340 e. The molecular formula is C17H25NO. The Labute approximate surface area is 117 Å². The highest BCUT2D eigenvalue weighted by Crippen LogP contribution is 2.09. The smallest absolute Gasteiger partial charge is 0.246 e. The number of benzene rings is 1. The molecule has 104 valence electrons. The summed E-state index contributed by atoms with van der Waals surface area (Å²) in [6.45, 7) is 7.72. The van der Waals surface area contributed by atoms with Crippen molar-refractivity contribution >= 4 is 12.0 Å². The molecule has 0 aliphatic carbocycles. The summed E-state index contributed by atoms with van der Waals surface area (Å²) in [7, 11) is 0. The number of hydrogen-bond donors (Lipinski definition) is 0. The SMILES string of the molecule is CCCCc1ccc(C=CC(=O)N(CC)CC)cc1. The number of amides is 1. The number of hydrogen-bond acceptors (Lipinski definition) is 1. The lowest BCUT2D eigenvalue weighted by Gasteiger charge is -2.15. The zero-order chi connectivity index (χ0) is 14.1. The molecule has 0 saturated carbocycles. The maximum atomic E-state index is 11.8. The topological polar surface area (TPSA) is 20.3 Å². The van der Waals surface area contributed by atoms with Crippen molar-refractivity contribution in [1.29, 1.82) is 0 Å². The Balaban J connectivity index is 2.59. The van der Waals surface area contributed by atoms with Crippen LogP contribution in [0.3, 0.4) is 0 Å². The van der Waals surface area contributed by atoms with Crippen molar-refractivity contribution < 1.29 is 4.79 Å². The van der Waals surface area contributed by atoms with Crippen LogP contribution in [0.1, 0.15) is 44.7 Å². The summed E-state index contributed by atoms with van der Waals surface area (Å²) in [6.07, 6.45) is 7.15. The molecule has 0 saturated heterocycles. The highest BCUT2D eigenvalue weighted by Gasteiger charge is 2.04. The maximum Gasteiger partial charge on any atom is 0.246 e. The monoisotopic (exact) mass is 259 g/mol. The first-order valence-electron chi connectivity index (χ1n) is 7.27. The minimum absolute atomic E-state index is 0.0834. The van der Waals surface area contributed by atoms with Crippen molar-refractivity contribution in [3.63, 3.8) is 0 Å². The van der Waals surface area contributed by atoms with Gasteiger partial charge < -0.3 is 4.90 Å². The molecule has 0 bridgehead atoms. The molecule has 0 aromatic heterocycles. The van der Waals surface area contributed by atoms with Gasteiger partial charge in [-0.3, -0.25) is 4.79 Å². The van der Waals surface area contributed by atoms with Crippen LogP contribution in [-0.4, -0.2) is 23.9 Å². The van der Waals surface area contributed by atoms with E-state index >= 15 is 0 Å². The molecule has 0 fully saturated rings. The normalized spacial score (nSPS) is 10.9. The van der Waals surface area contributed by atoms with Gasteiger partial charge in [-0.15, -0.1) is 0 Å². The van der Waals surface area contributed by atoms with Crippen LogP contribution in [0.25, 0.3) is 6.08 Å². The van der Waals surface area contributed by atoms with Crippen molar-refractivity contribution in [3.05, 3.63) is 41.5 Å². The van der Waals surface area contributed by atoms with Crippen molar-refractivity contribution in [2.75, 3.05) is 13.1 Å². The minimum Gasteiger partial charge on any atom is -0.340 e. The zero-order valence-corrected chi connectivity index (χ0v) is 12.4. The fraction of sp³-hybridized carbons (Fsp3) is 0.471. The summed E-state index contributed by atoms with van der Waals surface area (Å²) in [5.74, 6) is 0.0834. The van der Waals surface area contributed by atoms with Crippen LogP contribution in [0, 0.1) is 0 Å². The van der Waals surface area contributed by atoms with E-state index in [0.717, 1.165) is 25.1 Å². The molecule has 0 atom stereocenters. The average Bonchev–Trinajstić information content (AvgIpc) is 2.45. The molecule has 0 aliphatic heterocycles. The lowest BCUT2D eigenvalue weighted by atomic mass is 10.1. The Morgan fingerprint density at radius 3 is 2.26 bits per heavy atom. The average molecular weight is 259 g/mol. The van der Waals surface area contributed by atoms with Crippen LogP contribution < -0.4 is 0 Å². The Morgan fingerprint density at radius 2 is 1.74 bits per heavy atom. The standard InChI is InChI=1S/C17H25NO/c1-4-7-8-15-9-11-16(12-10-15)13-14-17(19)18(5-2)6-3/h9-14H,4-8H2,1-3H3. The van der Waals surface area contributed by atoms with E-state index in [4.69, 9.17) is 0 Å². The predicted molar refractivity (Wildman–Crippen MR) is 82.0 cm³/mol. The van der Waals surface area contributed by atoms with Crippen LogP contribution in [0.5, 0.6) is 0 Å². The second-order valence-electron chi connectivity index (χ2n) is 4.69. The molecule has 1 amide bonds. The summed E-state index contributed by atoms with van der Waals surface area (Å²) in [6, 6.07) is 8.46. The Bertz CT molecular complexity index is 402. The molecule has 0 aliphatic rings. The molecule has 1 aromatic rings. The van der Waals surface area contributed by atoms with Crippen molar-refractivity contribution in [2.45, 2.75) is 40.0 Å². The Hall–Kier alpha value is -1.57. The number of nitrogens with zero attached hydrogens (tertiary/aromatic N) is 1. The van der Waals surface area contributed by atoms with Gasteiger partial charge >= 0.3 is 0 Å². The summed E-state index contributed by atoms with van der Waals surface area (Å²) >= 11 is 0. The highest BCUT2D eigenvalue weighted by atomic mass is 16.2. The van der Waals surface area contributed by atoms with Crippen molar-refractivity contribution in [2.24, 2.45) is 0 Å². The molecule has 2 nitrogen and oxygen atoms in total. The van der Waals surface area contributed by atoms with Crippen molar-refractivity contribution in [3.8, 4) is 0 Å². The second-order valence-corrected chi connectivity index (χ2v) is 4.69. The van der Waals surface area contributed by atoms with E-state index in [1.54, 1.807) is 6.08 Å². The molecule has 0 heterocycles. The number of aryl methyl sites for hydroxylation is 1. The number of carbonyl (C=O) groups is 1. The Morgan fingerprint density at radius 1 is 1.11 bits per heavy atom. The van der Waals surface area contributed by atoms with Gasteiger partial charge in [0.25, 0.3) is 0 Å². The van der Waals surface area contributed by atoms with Gasteiger partial charge in [0, 0.05) is 19.2 Å². The summed E-state index contributed by atoms with van der Waals surface area (Å²) in [5.41, 5.74) is 2.45. The van der Waals surface area contributed by atoms with Gasteiger partial charge in [-0.2, -0.15) is 0 Å². The number of likely N-dealkylation sites (N-methyl/N-ethyl adjacent to an activating group) is 1. The molecule has 0 spiro atoms. The number of rotatable bonds is 7. The van der Waals surface area contributed by atoms with E-state index < -0.39 is 0 Å². The van der Waals surface area contributed by atoms with Gasteiger partial charge in [-0.05, 0) is 43.9 Å². The fourth-order valence-electron chi connectivity index (χ4n) is 1.98. The van der Waals surface area contributed by atoms with Gasteiger partial charge in [0.05, 0.1) is 0 Å². The van der Waals surface area contributed by atoms with E-state index in [1.165, 1.54) is 18.4 Å². The zero-order valence-electron chi connectivity index (χ0n) is 12.4. The summed E-state index contributed by atoms with van der Waals surface area (Å²) < 4.78 is 0. The third-order valence-corrected chi connectivity index (χ3v) is 3.29. The third-order valence-electron chi connectivity index (χ3n) is 3.29. The van der Waals surface area contributed by atoms with Gasteiger partial charge in [0.2, 0.25) is 5.91 Å². The first kappa shape index (κ1) is 15.5. The number of carbonyl (C=O) groups excluding carboxylic acids is 1. The maximum absolute atomic E-state index is 11.8.